The van der Waals surface area contributed by atoms with E-state index < -0.39 is 63.8 Å². The molecule has 0 aliphatic heterocycles. The minimum atomic E-state index is -4.75. The molecular weight excluding hydrogens is 797 g/mol. The molecule has 0 heterocycles. The molecule has 352 valence electrons. The molecule has 61 heavy (non-hydrogen) atoms. The Hall–Kier alpha value is -2.86. The summed E-state index contributed by atoms with van der Waals surface area (Å²) < 4.78 is 32.7. The van der Waals surface area contributed by atoms with Crippen LogP contribution < -0.4 is 5.73 Å². The molecule has 0 aromatic rings. The number of aliphatic hydroxyl groups is 1. The number of esters is 2. The van der Waals surface area contributed by atoms with E-state index in [0.29, 0.717) is 32.1 Å². The Bertz CT molecular complexity index is 1280. The van der Waals surface area contributed by atoms with Gasteiger partial charge in [0.25, 0.3) is 0 Å². The first kappa shape index (κ1) is 58.1. The van der Waals surface area contributed by atoms with Crippen LogP contribution in [0.15, 0.2) is 60.8 Å². The maximum Gasteiger partial charge on any atom is 0.472 e. The van der Waals surface area contributed by atoms with E-state index in [4.69, 9.17) is 24.8 Å². The monoisotopic (exact) mass is 882 g/mol. The Labute approximate surface area is 369 Å². The summed E-state index contributed by atoms with van der Waals surface area (Å²) in [5.74, 6) is -2.50. The smallest absolute Gasteiger partial charge is 0.472 e. The number of phosphoric ester groups is 1. The molecule has 0 radical (unpaired) electrons. The highest BCUT2D eigenvalue weighted by Gasteiger charge is 2.28. The first-order valence-corrected chi connectivity index (χ1v) is 24.9. The van der Waals surface area contributed by atoms with E-state index in [1.165, 1.54) is 96.3 Å². The van der Waals surface area contributed by atoms with Crippen LogP contribution in [0.25, 0.3) is 0 Å². The van der Waals surface area contributed by atoms with Gasteiger partial charge in [0.15, 0.2) is 6.10 Å². The normalized spacial score (nSPS) is 14.7. The van der Waals surface area contributed by atoms with Crippen molar-refractivity contribution in [2.45, 2.75) is 205 Å². The zero-order valence-electron chi connectivity index (χ0n) is 37.9. The largest absolute Gasteiger partial charge is 0.480 e. The van der Waals surface area contributed by atoms with Gasteiger partial charge in [-0.3, -0.25) is 23.4 Å². The molecule has 0 amide bonds. The lowest BCUT2D eigenvalue weighted by atomic mass is 10.1. The number of allylic oxidation sites excluding steroid dienone is 8. The maximum absolute atomic E-state index is 12.7. The maximum atomic E-state index is 12.7. The third kappa shape index (κ3) is 42.2. The summed E-state index contributed by atoms with van der Waals surface area (Å²) in [5, 5.41) is 18.9. The topological polar surface area (TPSA) is 192 Å². The van der Waals surface area contributed by atoms with Gasteiger partial charge in [0.1, 0.15) is 12.6 Å². The molecule has 0 saturated heterocycles. The van der Waals surface area contributed by atoms with Gasteiger partial charge in [-0.1, -0.05) is 164 Å². The van der Waals surface area contributed by atoms with Gasteiger partial charge in [-0.05, 0) is 70.6 Å². The average molecular weight is 882 g/mol. The molecule has 12 nitrogen and oxygen atoms in total. The van der Waals surface area contributed by atoms with E-state index in [9.17, 15) is 28.9 Å². The lowest BCUT2D eigenvalue weighted by molar-refractivity contribution is -0.161. The van der Waals surface area contributed by atoms with Gasteiger partial charge in [0.2, 0.25) is 0 Å². The molecule has 5 N–H and O–H groups in total. The van der Waals surface area contributed by atoms with Crippen molar-refractivity contribution >= 4 is 25.7 Å². The van der Waals surface area contributed by atoms with Crippen LogP contribution in [-0.4, -0.2) is 71.1 Å². The summed E-state index contributed by atoms with van der Waals surface area (Å²) in [6, 6.07) is -1.54. The Morgan fingerprint density at radius 2 is 1.08 bits per heavy atom. The number of rotatable bonds is 43. The highest BCUT2D eigenvalue weighted by Crippen LogP contribution is 2.43. The summed E-state index contributed by atoms with van der Waals surface area (Å²) in [7, 11) is -4.75. The Morgan fingerprint density at radius 1 is 0.590 bits per heavy atom. The summed E-state index contributed by atoms with van der Waals surface area (Å²) in [4.78, 5) is 46.0. The number of carbonyl (C=O) groups is 3. The summed E-state index contributed by atoms with van der Waals surface area (Å²) in [6.45, 7) is 2.64. The molecule has 0 spiro atoms. The quantitative estimate of drug-likeness (QED) is 0.0149. The van der Waals surface area contributed by atoms with Crippen molar-refractivity contribution in [1.82, 2.24) is 0 Å². The van der Waals surface area contributed by atoms with Gasteiger partial charge in [-0.25, -0.2) is 4.57 Å². The highest BCUT2D eigenvalue weighted by molar-refractivity contribution is 7.47. The van der Waals surface area contributed by atoms with Crippen LogP contribution >= 0.6 is 7.82 Å². The third-order valence-corrected chi connectivity index (χ3v) is 10.8. The highest BCUT2D eigenvalue weighted by atomic mass is 31.2. The molecule has 0 saturated carbocycles. The number of aliphatic hydroxyl groups excluding tert-OH is 1. The minimum Gasteiger partial charge on any atom is -0.480 e. The summed E-state index contributed by atoms with van der Waals surface area (Å²) >= 11 is 0. The van der Waals surface area contributed by atoms with Crippen molar-refractivity contribution in [2.24, 2.45) is 5.73 Å². The van der Waals surface area contributed by atoms with Gasteiger partial charge in [-0.15, -0.1) is 0 Å². The van der Waals surface area contributed by atoms with Crippen molar-refractivity contribution < 1.29 is 52.6 Å². The first-order chi connectivity index (χ1) is 29.5. The van der Waals surface area contributed by atoms with Crippen LogP contribution in [-0.2, 0) is 37.5 Å². The molecule has 0 bridgehead atoms. The fourth-order valence-electron chi connectivity index (χ4n) is 6.08. The van der Waals surface area contributed by atoms with E-state index in [-0.39, 0.29) is 12.8 Å². The van der Waals surface area contributed by atoms with E-state index in [2.05, 4.69) is 36.6 Å². The number of aliphatic carboxylic acids is 1. The number of ether oxygens (including phenoxy) is 2. The molecule has 4 atom stereocenters. The number of carbonyl (C=O) groups excluding carboxylic acids is 2. The number of hydrogen-bond acceptors (Lipinski definition) is 10. The van der Waals surface area contributed by atoms with Crippen LogP contribution in [0.1, 0.15) is 187 Å². The van der Waals surface area contributed by atoms with Crippen LogP contribution in [0.2, 0.25) is 0 Å². The second-order valence-corrected chi connectivity index (χ2v) is 17.2. The first-order valence-electron chi connectivity index (χ1n) is 23.4. The van der Waals surface area contributed by atoms with Crippen molar-refractivity contribution in [3.05, 3.63) is 60.8 Å². The average Bonchev–Trinajstić information content (AvgIpc) is 3.23. The van der Waals surface area contributed by atoms with Crippen molar-refractivity contribution in [3.8, 4) is 0 Å². The second kappa shape index (κ2) is 42.4. The van der Waals surface area contributed by atoms with Crippen LogP contribution in [0.4, 0.5) is 0 Å². The van der Waals surface area contributed by atoms with E-state index in [1.807, 2.05) is 36.5 Å². The Morgan fingerprint density at radius 3 is 1.70 bits per heavy atom. The van der Waals surface area contributed by atoms with Gasteiger partial charge >= 0.3 is 25.7 Å². The van der Waals surface area contributed by atoms with Crippen molar-refractivity contribution in [3.63, 3.8) is 0 Å². The van der Waals surface area contributed by atoms with Crippen LogP contribution in [0.5, 0.6) is 0 Å². The number of hydrogen-bond donors (Lipinski definition) is 4. The van der Waals surface area contributed by atoms with Crippen molar-refractivity contribution in [2.75, 3.05) is 19.8 Å². The lowest BCUT2D eigenvalue weighted by Gasteiger charge is -2.20. The summed E-state index contributed by atoms with van der Waals surface area (Å²) in [5.41, 5.74) is 5.33. The molecule has 0 aliphatic rings. The Balaban J connectivity index is 4.46. The number of carboxylic acid groups (broad SMARTS) is 1. The predicted octanol–water partition coefficient (Wildman–Crippen LogP) is 11.7. The van der Waals surface area contributed by atoms with Crippen molar-refractivity contribution in [1.29, 1.82) is 0 Å². The fourth-order valence-corrected chi connectivity index (χ4v) is 6.86. The molecule has 0 aromatic heterocycles. The summed E-state index contributed by atoms with van der Waals surface area (Å²) in [6.07, 6.45) is 46.0. The number of carboxylic acids is 1. The predicted molar refractivity (Wildman–Crippen MR) is 246 cm³/mol. The SMILES string of the molecule is CCCCC/C=C\C[C@@H](O)/C=C/C=C\C/C=C\CCCC(=O)OC[C@H](COP(=O)(O)OC[C@H](N)C(=O)O)OC(=O)CCCCCCCCCCC/C=C\CCCCCCCC. The Kier molecular flexibility index (Phi) is 40.5. The molecule has 0 aromatic carbocycles. The zero-order valence-corrected chi connectivity index (χ0v) is 38.7. The standard InChI is InChI=1S/C48H84NO11P/c1-3-5-7-9-11-12-13-14-15-16-17-18-19-20-21-22-27-31-35-39-47(52)60-44(41-58-61(55,56)59-42-45(49)48(53)54)40-57-46(51)38-34-30-26-24-23-25-29-33-37-43(50)36-32-28-10-8-6-4-2/h14-15,24-26,28-29,32-33,37,43-45,50H,3-13,16-23,27,30-31,34-36,38-42,49H2,1-2H3,(H,53,54)(H,55,56)/b15-14-,26-24-,29-25-,32-28-,37-33+/t43-,44-,45+/m1/s1. The van der Waals surface area contributed by atoms with Gasteiger partial charge in [0.05, 0.1) is 19.3 Å². The minimum absolute atomic E-state index is 0.112. The molecule has 0 fully saturated rings. The molecule has 1 unspecified atom stereocenters. The lowest BCUT2D eigenvalue weighted by Crippen LogP contribution is -2.34. The van der Waals surface area contributed by atoms with Crippen LogP contribution in [0.3, 0.4) is 0 Å². The number of phosphoric acid groups is 1. The van der Waals surface area contributed by atoms with E-state index in [1.54, 1.807) is 6.08 Å². The fraction of sp³-hybridized carbons (Fsp3) is 0.729. The van der Waals surface area contributed by atoms with E-state index >= 15 is 0 Å². The molecule has 0 rings (SSSR count). The van der Waals surface area contributed by atoms with E-state index in [0.717, 1.165) is 32.1 Å². The second-order valence-electron chi connectivity index (χ2n) is 15.7. The number of unbranched alkanes of at least 4 members (excludes halogenated alkanes) is 19. The van der Waals surface area contributed by atoms with Gasteiger partial charge in [0, 0.05) is 12.8 Å². The van der Waals surface area contributed by atoms with Gasteiger partial charge in [-0.2, -0.15) is 0 Å². The third-order valence-electron chi connectivity index (χ3n) is 9.82. The van der Waals surface area contributed by atoms with Gasteiger partial charge < -0.3 is 30.3 Å². The molecular formula is C48H84NO11P. The zero-order chi connectivity index (χ0) is 45.1. The van der Waals surface area contributed by atoms with Crippen LogP contribution in [0, 0.1) is 0 Å². The number of nitrogens with two attached hydrogens (primary N) is 1. The molecule has 0 aliphatic carbocycles. The molecule has 13 heteroatoms.